The van der Waals surface area contributed by atoms with E-state index in [1.54, 1.807) is 0 Å². The van der Waals surface area contributed by atoms with Gasteiger partial charge in [-0.25, -0.2) is 0 Å². The second-order valence-corrected chi connectivity index (χ2v) is 0. The molecule has 0 aromatic rings. The molecule has 0 aliphatic heterocycles. The van der Waals surface area contributed by atoms with E-state index in [0.29, 0.717) is 0 Å². The third-order valence-electron chi connectivity index (χ3n) is 0. The first-order chi connectivity index (χ1) is 0. The molecule has 0 aromatic heterocycles. The molecule has 5 valence electrons. The van der Waals surface area contributed by atoms with Gasteiger partial charge in [0.25, 0.3) is 0 Å². The molecule has 4 heteroatoms. The van der Waals surface area contributed by atoms with E-state index in [2.05, 4.69) is 0 Å². The molecule has 3 radical (unpaired) electrons. The zero-order valence-corrected chi connectivity index (χ0v) is 6.31. The molecule has 0 atom stereocenters. The normalized spacial score (nSPS) is 0. The van der Waals surface area contributed by atoms with Crippen molar-refractivity contribution in [3.8, 4) is 0 Å². The quantitative estimate of drug-likeness (QED) is 0.248. The fourth-order valence-electron chi connectivity index (χ4n) is 0. The average Bonchev–Trinajstić information content (AvgIpc) is 0. The number of hydrogen-bond acceptors (Lipinski definition) is 0. The van der Waals surface area contributed by atoms with Gasteiger partial charge in [-0.15, -0.1) is 0 Å². The molecule has 0 aromatic carbocycles. The summed E-state index contributed by atoms with van der Waals surface area (Å²) in [5, 5.41) is 0. The van der Waals surface area contributed by atoms with Gasteiger partial charge in [0.15, 0.2) is 0 Å². The van der Waals surface area contributed by atoms with Crippen LogP contribution in [0, 0.1) is 0 Å². The van der Waals surface area contributed by atoms with Gasteiger partial charge in [0, 0.05) is 9.84 Å². The molecule has 0 fully saturated rings. The Labute approximate surface area is 74.8 Å². The van der Waals surface area contributed by atoms with Crippen molar-refractivity contribution in [3.63, 3.8) is 0 Å². The van der Waals surface area contributed by atoms with E-state index in [9.17, 15) is 0 Å². The van der Waals surface area contributed by atoms with Crippen LogP contribution in [0.4, 0.5) is 0 Å². The van der Waals surface area contributed by atoms with Crippen LogP contribution < -0.4 is 48.4 Å². The van der Waals surface area contributed by atoms with Crippen molar-refractivity contribution in [2.45, 2.75) is 0 Å². The molecule has 0 bridgehead atoms. The Balaban J connectivity index is 0. The van der Waals surface area contributed by atoms with E-state index in [-0.39, 0.29) is 75.6 Å². The van der Waals surface area contributed by atoms with Crippen LogP contribution in [-0.4, -0.2) is 25.8 Å². The van der Waals surface area contributed by atoms with Crippen molar-refractivity contribution in [2.24, 2.45) is 0 Å². The molecule has 0 heterocycles. The van der Waals surface area contributed by atoms with Crippen LogP contribution in [0.15, 0.2) is 0 Å². The second-order valence-electron chi connectivity index (χ2n) is 0. The molecule has 0 nitrogen and oxygen atoms in total. The van der Waals surface area contributed by atoms with Crippen LogP contribution in [0.5, 0.6) is 0 Å². The predicted octanol–water partition coefficient (Wildman–Crippen LogP) is -6.51. The summed E-state index contributed by atoms with van der Waals surface area (Å²) in [5.41, 5.74) is 0. The fraction of sp³-hybridized carbons (Fsp3) is 0. The van der Waals surface area contributed by atoms with Gasteiger partial charge in [-0.05, 0) is 0 Å². The van der Waals surface area contributed by atoms with Crippen molar-refractivity contribution >= 4 is 25.8 Å². The van der Waals surface area contributed by atoms with E-state index in [1.807, 2.05) is 0 Å². The molecule has 0 aliphatic carbocycles. The van der Waals surface area contributed by atoms with E-state index >= 15 is 0 Å². The van der Waals surface area contributed by atoms with Gasteiger partial charge in [-0.3, -0.25) is 0 Å². The molecule has 0 rings (SSSR count). The van der Waals surface area contributed by atoms with Crippen LogP contribution in [0.3, 0.4) is 0 Å². The first-order valence-electron chi connectivity index (χ1n) is 0. The summed E-state index contributed by atoms with van der Waals surface area (Å²) < 4.78 is 0. The van der Waals surface area contributed by atoms with Crippen molar-refractivity contribution in [3.05, 3.63) is 0 Å². The van der Waals surface area contributed by atoms with Gasteiger partial charge in [-0.2, -0.15) is 0 Å². The summed E-state index contributed by atoms with van der Waals surface area (Å²) in [7, 11) is 0. The molecule has 0 N–H and O–H groups in total. The molecule has 0 spiro atoms. The molecule has 0 saturated heterocycles. The van der Waals surface area contributed by atoms with E-state index in [0.717, 1.165) is 0 Å². The Morgan fingerprint density at radius 3 is 1.25 bits per heavy atom. The number of rotatable bonds is 0. The van der Waals surface area contributed by atoms with Gasteiger partial charge in [0.2, 0.25) is 0 Å². The smallest absolute Gasteiger partial charge is 0 e. The van der Waals surface area contributed by atoms with Crippen molar-refractivity contribution in [2.75, 3.05) is 0 Å². The van der Waals surface area contributed by atoms with Crippen LogP contribution in [-0.2, 0) is 0 Å². The Morgan fingerprint density at radius 2 is 1.25 bits per heavy atom. The van der Waals surface area contributed by atoms with Gasteiger partial charge < -0.3 is 0 Å². The van der Waals surface area contributed by atoms with Gasteiger partial charge >= 0.3 is 65.8 Å². The third-order valence-corrected chi connectivity index (χ3v) is 0. The molecule has 0 aliphatic rings. The molecular formula is H2AlBLiNa+5. The molecule has 0 saturated carbocycles. The van der Waals surface area contributed by atoms with Crippen LogP contribution in [0.1, 0.15) is 1.43 Å². The second kappa shape index (κ2) is 19.0. The maximum absolute atomic E-state index is 0. The maximum atomic E-state index is 0. The topological polar surface area (TPSA) is 0 Å². The Bertz CT molecular complexity index is 11.6. The van der Waals surface area contributed by atoms with Crippen molar-refractivity contribution < 1.29 is 49.8 Å². The SMILES string of the molecule is [Al+3].[B].[HH].[Li+].[Na+]. The molecule has 0 unspecified atom stereocenters. The minimum absolute atomic E-state index is 0. The monoisotopic (exact) mass is 70.0 g/mol. The Kier molecular flexibility index (Phi) is 165. The average molecular weight is 69.7 g/mol. The molecule has 0 amide bonds. The zero-order chi connectivity index (χ0) is 0. The Morgan fingerprint density at radius 1 is 1.25 bits per heavy atom. The standard InChI is InChI=1S/Al.B.Li.Na.H2/h;;;;1H/q+3;;2*+1;. The summed E-state index contributed by atoms with van der Waals surface area (Å²) >= 11 is 0. The minimum atomic E-state index is 0. The summed E-state index contributed by atoms with van der Waals surface area (Å²) in [6, 6.07) is 0. The van der Waals surface area contributed by atoms with Crippen LogP contribution in [0.2, 0.25) is 0 Å². The van der Waals surface area contributed by atoms with E-state index in [1.165, 1.54) is 0 Å². The minimum Gasteiger partial charge on any atom is 0 e. The maximum Gasteiger partial charge on any atom is 3.00 e. The number of hydrogen-bond donors (Lipinski definition) is 0. The summed E-state index contributed by atoms with van der Waals surface area (Å²) in [6.07, 6.45) is 0. The van der Waals surface area contributed by atoms with Crippen molar-refractivity contribution in [1.29, 1.82) is 0 Å². The predicted molar refractivity (Wildman–Crippen MR) is 13.6 cm³/mol. The van der Waals surface area contributed by atoms with E-state index in [4.69, 9.17) is 0 Å². The van der Waals surface area contributed by atoms with Gasteiger partial charge in [0.05, 0.1) is 0 Å². The first-order valence-corrected chi connectivity index (χ1v) is 0. The first kappa shape index (κ1) is 34.7. The van der Waals surface area contributed by atoms with Crippen LogP contribution in [0.25, 0.3) is 0 Å². The molecule has 4 heavy (non-hydrogen) atoms. The summed E-state index contributed by atoms with van der Waals surface area (Å²) in [6.45, 7) is 0. The van der Waals surface area contributed by atoms with Gasteiger partial charge in [0.1, 0.15) is 0 Å². The van der Waals surface area contributed by atoms with E-state index < -0.39 is 0 Å². The fourth-order valence-corrected chi connectivity index (χ4v) is 0. The van der Waals surface area contributed by atoms with Crippen molar-refractivity contribution in [1.82, 2.24) is 0 Å². The molecular weight excluding hydrogens is 67.7 g/mol. The largest absolute Gasteiger partial charge is 3.00 e. The third kappa shape index (κ3) is 8.89. The zero-order valence-electron chi connectivity index (χ0n) is 3.15. The summed E-state index contributed by atoms with van der Waals surface area (Å²) in [5.74, 6) is 0. The van der Waals surface area contributed by atoms with Crippen LogP contribution >= 0.6 is 0 Å². The van der Waals surface area contributed by atoms with Gasteiger partial charge in [-0.1, -0.05) is 0 Å². The summed E-state index contributed by atoms with van der Waals surface area (Å²) in [4.78, 5) is 0. The Hall–Kier alpha value is 2.19.